The third kappa shape index (κ3) is 4.77. The summed E-state index contributed by atoms with van der Waals surface area (Å²) in [4.78, 5) is 25.2. The molecule has 1 aliphatic rings. The Hall–Kier alpha value is -3.13. The fourth-order valence-corrected chi connectivity index (χ4v) is 3.07. The maximum Gasteiger partial charge on any atom is 0.294 e. The lowest BCUT2D eigenvalue weighted by Gasteiger charge is -2.29. The van der Waals surface area contributed by atoms with Crippen LogP contribution in [0.2, 0.25) is 0 Å². The van der Waals surface area contributed by atoms with E-state index in [9.17, 15) is 14.9 Å². The van der Waals surface area contributed by atoms with Gasteiger partial charge >= 0.3 is 0 Å². The highest BCUT2D eigenvalue weighted by Crippen LogP contribution is 2.31. The number of rotatable bonds is 6. The predicted molar refractivity (Wildman–Crippen MR) is 108 cm³/mol. The van der Waals surface area contributed by atoms with Crippen LogP contribution in [-0.2, 0) is 4.79 Å². The molecule has 2 aromatic rings. The average molecular weight is 384 g/mol. The highest BCUT2D eigenvalue weighted by molar-refractivity contribution is 5.92. The van der Waals surface area contributed by atoms with Gasteiger partial charge in [0.25, 0.3) is 11.6 Å². The van der Waals surface area contributed by atoms with Crippen LogP contribution in [0, 0.1) is 24.0 Å². The second kappa shape index (κ2) is 8.71. The summed E-state index contributed by atoms with van der Waals surface area (Å²) in [6.45, 7) is 6.78. The summed E-state index contributed by atoms with van der Waals surface area (Å²) in [5.41, 5.74) is 3.15. The number of anilines is 2. The van der Waals surface area contributed by atoms with Gasteiger partial charge in [-0.3, -0.25) is 14.9 Å². The molecule has 28 heavy (non-hydrogen) atoms. The van der Waals surface area contributed by atoms with E-state index in [1.54, 1.807) is 12.1 Å². The molecule has 1 amide bonds. The minimum absolute atomic E-state index is 0.0187. The van der Waals surface area contributed by atoms with Crippen LogP contribution in [0.1, 0.15) is 11.1 Å². The molecule has 8 nitrogen and oxygen atoms in total. The molecule has 1 saturated heterocycles. The second-order valence-electron chi connectivity index (χ2n) is 6.78. The van der Waals surface area contributed by atoms with E-state index < -0.39 is 4.92 Å². The quantitative estimate of drug-likeness (QED) is 0.587. The molecule has 3 rings (SSSR count). The number of carbonyl (C=O) groups excluding carboxylic acids is 1. The largest absolute Gasteiger partial charge is 0.484 e. The number of aryl methyl sites for hydroxylation is 2. The molecule has 0 saturated carbocycles. The molecule has 8 heteroatoms. The third-order valence-electron chi connectivity index (χ3n) is 4.76. The Morgan fingerprint density at radius 1 is 1.18 bits per heavy atom. The standard InChI is InChI=1S/C20H24N4O4/c1-14-3-5-17(11-15(14)2)28-13-20(25)22-16-4-6-18(19(12-16)24(26)27)23-9-7-21-8-10-23/h3-6,11-12,21H,7-10,13H2,1-2H3,(H,22,25). The van der Waals surface area contributed by atoms with Crippen LogP contribution in [0.25, 0.3) is 0 Å². The molecule has 0 radical (unpaired) electrons. The molecular weight excluding hydrogens is 360 g/mol. The molecule has 2 aromatic carbocycles. The van der Waals surface area contributed by atoms with Gasteiger partial charge in [0.1, 0.15) is 11.4 Å². The number of benzene rings is 2. The van der Waals surface area contributed by atoms with E-state index >= 15 is 0 Å². The summed E-state index contributed by atoms with van der Waals surface area (Å²) >= 11 is 0. The molecule has 0 spiro atoms. The lowest BCUT2D eigenvalue weighted by Crippen LogP contribution is -2.43. The number of hydrogen-bond donors (Lipinski definition) is 2. The Morgan fingerprint density at radius 3 is 2.61 bits per heavy atom. The van der Waals surface area contributed by atoms with Crippen LogP contribution >= 0.6 is 0 Å². The third-order valence-corrected chi connectivity index (χ3v) is 4.76. The number of nitrogens with one attached hydrogen (secondary N) is 2. The molecule has 0 aromatic heterocycles. The summed E-state index contributed by atoms with van der Waals surface area (Å²) in [5, 5.41) is 17.4. The van der Waals surface area contributed by atoms with Crippen LogP contribution in [0.3, 0.4) is 0 Å². The number of piperazine rings is 1. The van der Waals surface area contributed by atoms with Crippen molar-refractivity contribution in [2.75, 3.05) is 43.0 Å². The van der Waals surface area contributed by atoms with Crippen molar-refractivity contribution in [1.82, 2.24) is 5.32 Å². The number of nitro benzene ring substituents is 1. The first kappa shape index (κ1) is 19.6. The monoisotopic (exact) mass is 384 g/mol. The Balaban J connectivity index is 1.65. The van der Waals surface area contributed by atoms with Crippen molar-refractivity contribution >= 4 is 23.0 Å². The average Bonchev–Trinajstić information content (AvgIpc) is 2.69. The zero-order chi connectivity index (χ0) is 20.1. The SMILES string of the molecule is Cc1ccc(OCC(=O)Nc2ccc(N3CCNCC3)c([N+](=O)[O-])c2)cc1C. The first-order valence-electron chi connectivity index (χ1n) is 9.18. The zero-order valence-corrected chi connectivity index (χ0v) is 16.0. The van der Waals surface area contributed by atoms with Crippen LogP contribution in [0.4, 0.5) is 17.1 Å². The van der Waals surface area contributed by atoms with E-state index in [0.717, 1.165) is 24.2 Å². The molecule has 2 N–H and O–H groups in total. The van der Waals surface area contributed by atoms with Crippen molar-refractivity contribution in [3.05, 3.63) is 57.6 Å². The molecule has 0 bridgehead atoms. The van der Waals surface area contributed by atoms with Gasteiger partial charge in [-0.25, -0.2) is 0 Å². The number of nitrogens with zero attached hydrogens (tertiary/aromatic N) is 2. The summed E-state index contributed by atoms with van der Waals surface area (Å²) in [7, 11) is 0. The van der Waals surface area contributed by atoms with E-state index in [-0.39, 0.29) is 18.2 Å². The van der Waals surface area contributed by atoms with Crippen LogP contribution < -0.4 is 20.3 Å². The van der Waals surface area contributed by atoms with Gasteiger partial charge in [0.05, 0.1) is 4.92 Å². The van der Waals surface area contributed by atoms with Crippen molar-refractivity contribution in [3.63, 3.8) is 0 Å². The van der Waals surface area contributed by atoms with E-state index in [2.05, 4.69) is 10.6 Å². The lowest BCUT2D eigenvalue weighted by molar-refractivity contribution is -0.384. The molecule has 1 aliphatic heterocycles. The van der Waals surface area contributed by atoms with Crippen molar-refractivity contribution in [2.24, 2.45) is 0 Å². The van der Waals surface area contributed by atoms with Gasteiger partial charge in [0, 0.05) is 37.9 Å². The zero-order valence-electron chi connectivity index (χ0n) is 16.0. The Morgan fingerprint density at radius 2 is 1.93 bits per heavy atom. The molecular formula is C20H24N4O4. The van der Waals surface area contributed by atoms with Crippen molar-refractivity contribution in [1.29, 1.82) is 0 Å². The van der Waals surface area contributed by atoms with Gasteiger partial charge < -0.3 is 20.3 Å². The number of carbonyl (C=O) groups is 1. The van der Waals surface area contributed by atoms with E-state index in [1.165, 1.54) is 6.07 Å². The minimum Gasteiger partial charge on any atom is -0.484 e. The fraction of sp³-hybridized carbons (Fsp3) is 0.350. The Kier molecular flexibility index (Phi) is 6.10. The second-order valence-corrected chi connectivity index (χ2v) is 6.78. The van der Waals surface area contributed by atoms with Crippen LogP contribution in [0.5, 0.6) is 5.75 Å². The van der Waals surface area contributed by atoms with E-state index in [1.807, 2.05) is 36.9 Å². The lowest BCUT2D eigenvalue weighted by atomic mass is 10.1. The molecule has 1 heterocycles. The van der Waals surface area contributed by atoms with Gasteiger partial charge in [0.2, 0.25) is 0 Å². The molecule has 0 unspecified atom stereocenters. The number of ether oxygens (including phenoxy) is 1. The fourth-order valence-electron chi connectivity index (χ4n) is 3.07. The first-order valence-corrected chi connectivity index (χ1v) is 9.18. The van der Waals surface area contributed by atoms with Gasteiger partial charge in [-0.15, -0.1) is 0 Å². The Bertz CT molecular complexity index is 879. The van der Waals surface area contributed by atoms with Gasteiger partial charge in [-0.05, 0) is 49.2 Å². The normalized spacial score (nSPS) is 13.9. The summed E-state index contributed by atoms with van der Waals surface area (Å²) < 4.78 is 5.51. The summed E-state index contributed by atoms with van der Waals surface area (Å²) in [5.74, 6) is 0.237. The maximum atomic E-state index is 12.2. The van der Waals surface area contributed by atoms with Gasteiger partial charge in [-0.1, -0.05) is 6.07 Å². The van der Waals surface area contributed by atoms with Crippen LogP contribution in [0.15, 0.2) is 36.4 Å². The number of amides is 1. The summed E-state index contributed by atoms with van der Waals surface area (Å²) in [6, 6.07) is 10.4. The molecule has 148 valence electrons. The van der Waals surface area contributed by atoms with Crippen LogP contribution in [-0.4, -0.2) is 43.6 Å². The minimum atomic E-state index is -0.418. The van der Waals surface area contributed by atoms with E-state index in [4.69, 9.17) is 4.74 Å². The predicted octanol–water partition coefficient (Wildman–Crippen LogP) is 2.64. The van der Waals surface area contributed by atoms with Crippen molar-refractivity contribution in [3.8, 4) is 5.75 Å². The van der Waals surface area contributed by atoms with Crippen molar-refractivity contribution < 1.29 is 14.5 Å². The van der Waals surface area contributed by atoms with E-state index in [0.29, 0.717) is 30.2 Å². The van der Waals surface area contributed by atoms with Gasteiger partial charge in [0.15, 0.2) is 6.61 Å². The molecule has 1 fully saturated rings. The number of nitro groups is 1. The molecule has 0 aliphatic carbocycles. The highest BCUT2D eigenvalue weighted by Gasteiger charge is 2.22. The summed E-state index contributed by atoms with van der Waals surface area (Å²) in [6.07, 6.45) is 0. The number of hydrogen-bond acceptors (Lipinski definition) is 6. The first-order chi connectivity index (χ1) is 13.4. The molecule has 0 atom stereocenters. The smallest absolute Gasteiger partial charge is 0.294 e. The Labute approximate surface area is 163 Å². The van der Waals surface area contributed by atoms with Crippen molar-refractivity contribution in [2.45, 2.75) is 13.8 Å². The topological polar surface area (TPSA) is 96.7 Å². The maximum absolute atomic E-state index is 12.2. The van der Waals surface area contributed by atoms with Gasteiger partial charge in [-0.2, -0.15) is 0 Å². The highest BCUT2D eigenvalue weighted by atomic mass is 16.6.